The number of primary amides is 1. The summed E-state index contributed by atoms with van der Waals surface area (Å²) in [4.78, 5) is 11.0. The number of hydrogen-bond donors (Lipinski definition) is 2. The highest BCUT2D eigenvalue weighted by Crippen LogP contribution is 2.32. The van der Waals surface area contributed by atoms with Gasteiger partial charge in [-0.05, 0) is 11.6 Å². The zero-order valence-electron chi connectivity index (χ0n) is 8.51. The van der Waals surface area contributed by atoms with Gasteiger partial charge in [-0.3, -0.25) is 4.79 Å². The Hall–Kier alpha value is -1.40. The van der Waals surface area contributed by atoms with E-state index in [1.165, 1.54) is 0 Å². The van der Waals surface area contributed by atoms with Crippen molar-refractivity contribution in [1.29, 1.82) is 0 Å². The van der Waals surface area contributed by atoms with E-state index in [1.54, 1.807) is 24.3 Å². The van der Waals surface area contributed by atoms with E-state index in [1.807, 2.05) is 0 Å². The van der Waals surface area contributed by atoms with Crippen LogP contribution in [0.4, 0.5) is 0 Å². The first-order valence-corrected chi connectivity index (χ1v) is 6.49. The quantitative estimate of drug-likeness (QED) is 0.751. The maximum Gasteiger partial charge on any atom is 0.231 e. The summed E-state index contributed by atoms with van der Waals surface area (Å²) in [6.45, 7) is -0.0193. The van der Waals surface area contributed by atoms with Crippen molar-refractivity contribution in [3.8, 4) is 0 Å². The van der Waals surface area contributed by atoms with Crippen LogP contribution in [0.3, 0.4) is 0 Å². The predicted octanol–water partition coefficient (Wildman–Crippen LogP) is -0.410. The van der Waals surface area contributed by atoms with Gasteiger partial charge in [0.1, 0.15) is 0 Å². The average Bonchev–Trinajstić information content (AvgIpc) is 2.49. The summed E-state index contributed by atoms with van der Waals surface area (Å²) in [5.74, 6) is -0.513. The molecule has 0 saturated heterocycles. The van der Waals surface area contributed by atoms with Crippen LogP contribution in [0.25, 0.3) is 0 Å². The summed E-state index contributed by atoms with van der Waals surface area (Å²) in [5, 5.41) is 2.84. The highest BCUT2D eigenvalue weighted by atomic mass is 32.2. The molecular weight excluding hydrogens is 228 g/mol. The zero-order valence-corrected chi connectivity index (χ0v) is 9.33. The lowest BCUT2D eigenvalue weighted by Crippen LogP contribution is -2.32. The van der Waals surface area contributed by atoms with E-state index in [-0.39, 0.29) is 18.3 Å². The van der Waals surface area contributed by atoms with Crippen LogP contribution >= 0.6 is 0 Å². The molecule has 0 spiro atoms. The molecule has 1 aromatic carbocycles. The Bertz CT molecular complexity index is 525. The van der Waals surface area contributed by atoms with E-state index in [9.17, 15) is 13.2 Å². The smallest absolute Gasteiger partial charge is 0.231 e. The first-order valence-electron chi connectivity index (χ1n) is 4.84. The third-order valence-corrected chi connectivity index (χ3v) is 4.35. The van der Waals surface area contributed by atoms with Crippen molar-refractivity contribution in [2.45, 2.75) is 10.9 Å². The lowest BCUT2D eigenvalue weighted by Gasteiger charge is -2.10. The topological polar surface area (TPSA) is 89.3 Å². The normalized spacial score (nSPS) is 21.6. The fourth-order valence-electron chi connectivity index (χ4n) is 1.84. The van der Waals surface area contributed by atoms with E-state index in [4.69, 9.17) is 5.73 Å². The summed E-state index contributed by atoms with van der Waals surface area (Å²) in [6.07, 6.45) is 0. The summed E-state index contributed by atoms with van der Waals surface area (Å²) in [5.41, 5.74) is 5.72. The van der Waals surface area contributed by atoms with Crippen molar-refractivity contribution in [3.05, 3.63) is 29.8 Å². The van der Waals surface area contributed by atoms with Crippen LogP contribution in [0, 0.1) is 0 Å². The molecule has 0 saturated carbocycles. The number of sulfone groups is 1. The summed E-state index contributed by atoms with van der Waals surface area (Å²) < 4.78 is 23.5. The van der Waals surface area contributed by atoms with Gasteiger partial charge in [-0.25, -0.2) is 8.42 Å². The molecular formula is C10H12N2O3S. The molecule has 86 valence electrons. The Labute approximate surface area is 93.6 Å². The Kier molecular flexibility index (Phi) is 2.69. The van der Waals surface area contributed by atoms with Crippen LogP contribution in [-0.2, 0) is 14.6 Å². The molecule has 0 fully saturated rings. The fraction of sp³-hybridized carbons (Fsp3) is 0.300. The van der Waals surface area contributed by atoms with Gasteiger partial charge in [-0.2, -0.15) is 0 Å². The van der Waals surface area contributed by atoms with Crippen LogP contribution in [-0.4, -0.2) is 26.6 Å². The minimum Gasteiger partial charge on any atom is -0.369 e. The monoisotopic (exact) mass is 240 g/mol. The number of hydrogen-bond acceptors (Lipinski definition) is 4. The minimum atomic E-state index is -3.22. The van der Waals surface area contributed by atoms with Crippen LogP contribution in [0.15, 0.2) is 29.2 Å². The largest absolute Gasteiger partial charge is 0.369 e. The van der Waals surface area contributed by atoms with Gasteiger partial charge in [0.25, 0.3) is 0 Å². The molecule has 1 atom stereocenters. The number of fused-ring (bicyclic) bond motifs is 1. The standard InChI is InChI=1S/C10H12N2O3S/c11-10(13)5-12-8-6-16(14,15)9-4-2-1-3-7(8)9/h1-4,8,12H,5-6H2,(H2,11,13). The van der Waals surface area contributed by atoms with Gasteiger partial charge < -0.3 is 11.1 Å². The Morgan fingerprint density at radius 3 is 2.81 bits per heavy atom. The summed E-state index contributed by atoms with van der Waals surface area (Å²) >= 11 is 0. The van der Waals surface area contributed by atoms with Gasteiger partial charge in [0.2, 0.25) is 5.91 Å². The molecule has 0 radical (unpaired) electrons. The van der Waals surface area contributed by atoms with Crippen LogP contribution in [0.5, 0.6) is 0 Å². The summed E-state index contributed by atoms with van der Waals surface area (Å²) in [7, 11) is -3.22. The number of carbonyl (C=O) groups is 1. The van der Waals surface area contributed by atoms with Crippen molar-refractivity contribution >= 4 is 15.7 Å². The molecule has 1 unspecified atom stereocenters. The third kappa shape index (κ3) is 1.94. The Morgan fingerprint density at radius 2 is 2.12 bits per heavy atom. The van der Waals surface area contributed by atoms with E-state index < -0.39 is 15.7 Å². The highest BCUT2D eigenvalue weighted by molar-refractivity contribution is 7.91. The fourth-order valence-corrected chi connectivity index (χ4v) is 3.61. The second-order valence-electron chi connectivity index (χ2n) is 3.72. The maximum atomic E-state index is 11.8. The van der Waals surface area contributed by atoms with Gasteiger partial charge >= 0.3 is 0 Å². The number of carbonyl (C=O) groups excluding carboxylic acids is 1. The predicted molar refractivity (Wildman–Crippen MR) is 58.4 cm³/mol. The van der Waals surface area contributed by atoms with Gasteiger partial charge in [0, 0.05) is 6.04 Å². The molecule has 6 heteroatoms. The van der Waals surface area contributed by atoms with E-state index in [0.717, 1.165) is 0 Å². The van der Waals surface area contributed by atoms with Crippen LogP contribution < -0.4 is 11.1 Å². The van der Waals surface area contributed by atoms with Crippen molar-refractivity contribution in [3.63, 3.8) is 0 Å². The minimum absolute atomic E-state index is 0.0143. The van der Waals surface area contributed by atoms with Gasteiger partial charge in [-0.15, -0.1) is 0 Å². The summed E-state index contributed by atoms with van der Waals surface area (Å²) in [6, 6.07) is 6.45. The molecule has 0 aliphatic carbocycles. The molecule has 1 amide bonds. The lowest BCUT2D eigenvalue weighted by molar-refractivity contribution is -0.117. The van der Waals surface area contributed by atoms with Crippen molar-refractivity contribution in [2.24, 2.45) is 5.73 Å². The third-order valence-electron chi connectivity index (χ3n) is 2.54. The molecule has 1 aliphatic heterocycles. The second kappa shape index (κ2) is 3.88. The molecule has 1 aliphatic rings. The first kappa shape index (κ1) is 11.1. The Morgan fingerprint density at radius 1 is 1.44 bits per heavy atom. The molecule has 0 aromatic heterocycles. The van der Waals surface area contributed by atoms with Crippen molar-refractivity contribution in [1.82, 2.24) is 5.32 Å². The molecule has 16 heavy (non-hydrogen) atoms. The number of nitrogens with two attached hydrogens (primary N) is 1. The van der Waals surface area contributed by atoms with Crippen molar-refractivity contribution in [2.75, 3.05) is 12.3 Å². The number of amides is 1. The molecule has 1 aromatic rings. The van der Waals surface area contributed by atoms with E-state index >= 15 is 0 Å². The van der Waals surface area contributed by atoms with Crippen molar-refractivity contribution < 1.29 is 13.2 Å². The molecule has 0 bridgehead atoms. The number of nitrogens with one attached hydrogen (secondary N) is 1. The van der Waals surface area contributed by atoms with E-state index in [0.29, 0.717) is 10.5 Å². The molecule has 2 rings (SSSR count). The maximum absolute atomic E-state index is 11.8. The number of rotatable bonds is 3. The highest BCUT2D eigenvalue weighted by Gasteiger charge is 2.33. The van der Waals surface area contributed by atoms with Crippen LogP contribution in [0.2, 0.25) is 0 Å². The van der Waals surface area contributed by atoms with Gasteiger partial charge in [-0.1, -0.05) is 18.2 Å². The molecule has 3 N–H and O–H groups in total. The molecule has 1 heterocycles. The second-order valence-corrected chi connectivity index (χ2v) is 5.72. The van der Waals surface area contributed by atoms with Gasteiger partial charge in [0.05, 0.1) is 17.2 Å². The SMILES string of the molecule is NC(=O)CNC1CS(=O)(=O)c2ccccc21. The molecule has 5 nitrogen and oxygen atoms in total. The Balaban J connectivity index is 2.30. The first-order chi connectivity index (χ1) is 7.50. The average molecular weight is 240 g/mol. The van der Waals surface area contributed by atoms with E-state index in [2.05, 4.69) is 5.32 Å². The lowest BCUT2D eigenvalue weighted by atomic mass is 10.1. The number of benzene rings is 1. The zero-order chi connectivity index (χ0) is 11.8. The van der Waals surface area contributed by atoms with Crippen LogP contribution in [0.1, 0.15) is 11.6 Å². The van der Waals surface area contributed by atoms with Gasteiger partial charge in [0.15, 0.2) is 9.84 Å².